The van der Waals surface area contributed by atoms with Gasteiger partial charge in [0.2, 0.25) is 0 Å². The molecule has 1 rings (SSSR count). The Morgan fingerprint density at radius 2 is 2.06 bits per heavy atom. The molecule has 1 N–H and O–H groups in total. The van der Waals surface area contributed by atoms with Crippen molar-refractivity contribution in [2.75, 3.05) is 6.61 Å². The fraction of sp³-hybridized carbons (Fsp3) is 0.667. The molecule has 1 aliphatic rings. The molecule has 1 fully saturated rings. The zero-order chi connectivity index (χ0) is 12.3. The summed E-state index contributed by atoms with van der Waals surface area (Å²) in [5.41, 5.74) is -0.257. The number of aliphatic carboxylic acids is 1. The highest BCUT2D eigenvalue weighted by molar-refractivity contribution is 5.83. The van der Waals surface area contributed by atoms with Crippen molar-refractivity contribution in [3.63, 3.8) is 0 Å². The third kappa shape index (κ3) is 2.62. The number of carbonyl (C=O) groups is 2. The maximum Gasteiger partial charge on any atom is 0.330 e. The van der Waals surface area contributed by atoms with Crippen LogP contribution in [0.25, 0.3) is 0 Å². The zero-order valence-electron chi connectivity index (χ0n) is 9.90. The van der Waals surface area contributed by atoms with E-state index in [4.69, 9.17) is 9.84 Å². The number of hydrogen-bond acceptors (Lipinski definition) is 3. The zero-order valence-corrected chi connectivity index (χ0v) is 9.90. The number of carboxylic acid groups (broad SMARTS) is 1. The van der Waals surface area contributed by atoms with Crippen LogP contribution in [0.15, 0.2) is 12.2 Å². The van der Waals surface area contributed by atoms with E-state index in [0.717, 1.165) is 6.42 Å². The van der Waals surface area contributed by atoms with Gasteiger partial charge in [-0.25, -0.2) is 4.79 Å². The molecule has 0 radical (unpaired) electrons. The van der Waals surface area contributed by atoms with Crippen LogP contribution in [0.3, 0.4) is 0 Å². The Morgan fingerprint density at radius 1 is 1.44 bits per heavy atom. The highest BCUT2D eigenvalue weighted by atomic mass is 16.5. The van der Waals surface area contributed by atoms with Gasteiger partial charge in [-0.15, -0.1) is 0 Å². The highest BCUT2D eigenvalue weighted by Crippen LogP contribution is 2.58. The minimum Gasteiger partial charge on any atom is -0.481 e. The van der Waals surface area contributed by atoms with Crippen LogP contribution < -0.4 is 0 Å². The Bertz CT molecular complexity index is 317. The molecule has 0 heterocycles. The average molecular weight is 226 g/mol. The van der Waals surface area contributed by atoms with Gasteiger partial charge < -0.3 is 9.84 Å². The van der Waals surface area contributed by atoms with E-state index in [-0.39, 0.29) is 17.3 Å². The molecule has 0 aliphatic heterocycles. The molecule has 90 valence electrons. The molecule has 16 heavy (non-hydrogen) atoms. The second kappa shape index (κ2) is 4.68. The van der Waals surface area contributed by atoms with Gasteiger partial charge in [0.15, 0.2) is 0 Å². The molecule has 0 amide bonds. The van der Waals surface area contributed by atoms with Crippen LogP contribution in [0.1, 0.15) is 27.2 Å². The van der Waals surface area contributed by atoms with Crippen molar-refractivity contribution < 1.29 is 19.4 Å². The monoisotopic (exact) mass is 226 g/mol. The van der Waals surface area contributed by atoms with E-state index in [2.05, 4.69) is 0 Å². The second-order valence-corrected chi connectivity index (χ2v) is 4.69. The van der Waals surface area contributed by atoms with Crippen LogP contribution in [-0.4, -0.2) is 23.7 Å². The predicted octanol–water partition coefficient (Wildman–Crippen LogP) is 1.85. The van der Waals surface area contributed by atoms with Crippen LogP contribution in [0, 0.1) is 17.3 Å². The van der Waals surface area contributed by atoms with E-state index in [1.165, 1.54) is 6.08 Å². The largest absolute Gasteiger partial charge is 0.481 e. The Morgan fingerprint density at radius 3 is 2.50 bits per heavy atom. The summed E-state index contributed by atoms with van der Waals surface area (Å²) in [7, 11) is 0. The maximum absolute atomic E-state index is 11.2. The van der Waals surface area contributed by atoms with Gasteiger partial charge in [-0.05, 0) is 17.8 Å². The van der Waals surface area contributed by atoms with E-state index in [0.29, 0.717) is 6.61 Å². The minimum atomic E-state index is -0.804. The Balaban J connectivity index is 2.47. The van der Waals surface area contributed by atoms with Gasteiger partial charge in [-0.1, -0.05) is 26.8 Å². The number of rotatable bonds is 5. The molecule has 0 aromatic rings. The van der Waals surface area contributed by atoms with Crippen molar-refractivity contribution in [1.82, 2.24) is 0 Å². The van der Waals surface area contributed by atoms with Crippen molar-refractivity contribution in [2.24, 2.45) is 17.3 Å². The minimum absolute atomic E-state index is 0.0702. The van der Waals surface area contributed by atoms with Gasteiger partial charge in [-0.2, -0.15) is 0 Å². The highest BCUT2D eigenvalue weighted by Gasteiger charge is 2.60. The molecule has 1 saturated carbocycles. The topological polar surface area (TPSA) is 63.6 Å². The summed E-state index contributed by atoms with van der Waals surface area (Å²) >= 11 is 0. The number of carboxylic acids is 1. The van der Waals surface area contributed by atoms with E-state index in [1.807, 2.05) is 20.8 Å². The van der Waals surface area contributed by atoms with E-state index >= 15 is 0 Å². The van der Waals surface area contributed by atoms with Crippen LogP contribution in [0.2, 0.25) is 0 Å². The normalized spacial score (nSPS) is 26.7. The molecule has 2 atom stereocenters. The van der Waals surface area contributed by atoms with E-state index in [9.17, 15) is 9.59 Å². The molecular weight excluding hydrogens is 208 g/mol. The van der Waals surface area contributed by atoms with Gasteiger partial charge in [0.1, 0.15) is 0 Å². The number of carbonyl (C=O) groups excluding carboxylic acids is 1. The lowest BCUT2D eigenvalue weighted by Gasteiger charge is -1.98. The van der Waals surface area contributed by atoms with Crippen molar-refractivity contribution in [3.05, 3.63) is 12.2 Å². The Hall–Kier alpha value is -1.32. The molecule has 0 aromatic carbocycles. The standard InChI is InChI=1S/C12H18O4/c1-4-7-16-9(13)6-5-8-10(11(14)15)12(8,2)3/h5-6,8,10H,4,7H2,1-3H3,(H,14,15). The lowest BCUT2D eigenvalue weighted by molar-refractivity contribution is -0.140. The SMILES string of the molecule is CCCOC(=O)C=CC1C(C(=O)O)C1(C)C. The first-order valence-corrected chi connectivity index (χ1v) is 5.49. The van der Waals surface area contributed by atoms with Crippen LogP contribution in [0.5, 0.6) is 0 Å². The molecule has 0 aromatic heterocycles. The molecule has 4 nitrogen and oxygen atoms in total. The fourth-order valence-electron chi connectivity index (χ4n) is 1.94. The molecule has 1 aliphatic carbocycles. The molecule has 4 heteroatoms. The Labute approximate surface area is 95.3 Å². The maximum atomic E-state index is 11.2. The smallest absolute Gasteiger partial charge is 0.330 e. The number of allylic oxidation sites excluding steroid dienone is 1. The van der Waals surface area contributed by atoms with E-state index < -0.39 is 11.9 Å². The van der Waals surface area contributed by atoms with Crippen LogP contribution >= 0.6 is 0 Å². The second-order valence-electron chi connectivity index (χ2n) is 4.69. The molecule has 2 unspecified atom stereocenters. The Kier molecular flexibility index (Phi) is 3.73. The number of ether oxygens (including phenoxy) is 1. The first-order chi connectivity index (χ1) is 7.41. The van der Waals surface area contributed by atoms with Gasteiger partial charge >= 0.3 is 11.9 Å². The summed E-state index contributed by atoms with van der Waals surface area (Å²) in [6, 6.07) is 0. The summed E-state index contributed by atoms with van der Waals surface area (Å²) in [6.07, 6.45) is 3.77. The average Bonchev–Trinajstić information content (AvgIpc) is 2.74. The predicted molar refractivity (Wildman–Crippen MR) is 58.8 cm³/mol. The number of hydrogen-bond donors (Lipinski definition) is 1. The third-order valence-electron chi connectivity index (χ3n) is 3.06. The summed E-state index contributed by atoms with van der Waals surface area (Å²) in [6.45, 7) is 6.09. The van der Waals surface area contributed by atoms with Gasteiger partial charge in [0.05, 0.1) is 12.5 Å². The van der Waals surface area contributed by atoms with Crippen LogP contribution in [0.4, 0.5) is 0 Å². The lowest BCUT2D eigenvalue weighted by atomic mass is 10.1. The third-order valence-corrected chi connectivity index (χ3v) is 3.06. The molecule has 0 bridgehead atoms. The van der Waals surface area contributed by atoms with Gasteiger partial charge in [0.25, 0.3) is 0 Å². The van der Waals surface area contributed by atoms with Crippen molar-refractivity contribution in [2.45, 2.75) is 27.2 Å². The quantitative estimate of drug-likeness (QED) is 0.574. The van der Waals surface area contributed by atoms with Crippen LogP contribution in [-0.2, 0) is 14.3 Å². The number of esters is 1. The first kappa shape index (κ1) is 12.7. The van der Waals surface area contributed by atoms with E-state index in [1.54, 1.807) is 6.08 Å². The van der Waals surface area contributed by atoms with Gasteiger partial charge in [0, 0.05) is 6.08 Å². The molecule has 0 saturated heterocycles. The summed E-state index contributed by atoms with van der Waals surface area (Å²) in [5.74, 6) is -1.66. The molecular formula is C12H18O4. The first-order valence-electron chi connectivity index (χ1n) is 5.49. The summed E-state index contributed by atoms with van der Waals surface area (Å²) < 4.78 is 4.86. The lowest BCUT2D eigenvalue weighted by Crippen LogP contribution is -2.03. The molecule has 0 spiro atoms. The summed E-state index contributed by atoms with van der Waals surface area (Å²) in [5, 5.41) is 8.92. The van der Waals surface area contributed by atoms with Crippen molar-refractivity contribution in [1.29, 1.82) is 0 Å². The van der Waals surface area contributed by atoms with Crippen molar-refractivity contribution in [3.8, 4) is 0 Å². The fourth-order valence-corrected chi connectivity index (χ4v) is 1.94. The van der Waals surface area contributed by atoms with Crippen molar-refractivity contribution >= 4 is 11.9 Å². The summed E-state index contributed by atoms with van der Waals surface area (Å²) in [4.78, 5) is 22.0. The van der Waals surface area contributed by atoms with Gasteiger partial charge in [-0.3, -0.25) is 4.79 Å².